The van der Waals surface area contributed by atoms with Gasteiger partial charge in [-0.3, -0.25) is 9.59 Å². The van der Waals surface area contributed by atoms with Crippen LogP contribution in [0.1, 0.15) is 51.3 Å². The number of carbonyl (C=O) groups excluding carboxylic acids is 2. The molecular weight excluding hydrogens is 474 g/mol. The van der Waals surface area contributed by atoms with E-state index in [4.69, 9.17) is 18.9 Å². The molecule has 1 heterocycles. The van der Waals surface area contributed by atoms with E-state index >= 15 is 0 Å². The molecule has 1 fully saturated rings. The van der Waals surface area contributed by atoms with Gasteiger partial charge in [-0.05, 0) is 68.1 Å². The number of aliphatic hydroxyl groups is 1. The number of benzene rings is 2. The minimum atomic E-state index is -0.796. The van der Waals surface area contributed by atoms with Gasteiger partial charge >= 0.3 is 0 Å². The highest BCUT2D eigenvalue weighted by Crippen LogP contribution is 2.42. The number of carbonyl (C=O) groups is 2. The SMILES string of the molecule is COCCCN1C(=O)C(=O)/C(=C(\O)c2ccc(OCC(C)C)cc2)C1c1ccc(OC(C)C)c(OC)c1. The first-order chi connectivity index (χ1) is 17.7. The zero-order valence-corrected chi connectivity index (χ0v) is 22.4. The van der Waals surface area contributed by atoms with E-state index in [1.165, 1.54) is 12.0 Å². The van der Waals surface area contributed by atoms with Gasteiger partial charge in [0.05, 0.1) is 31.4 Å². The van der Waals surface area contributed by atoms with Crippen LogP contribution in [-0.4, -0.2) is 61.8 Å². The maximum Gasteiger partial charge on any atom is 0.295 e. The Balaban J connectivity index is 2.07. The van der Waals surface area contributed by atoms with Crippen LogP contribution < -0.4 is 14.2 Å². The van der Waals surface area contributed by atoms with Crippen LogP contribution in [0.15, 0.2) is 48.0 Å². The standard InChI is InChI=1S/C29H37NO7/c1-18(2)17-36-22-11-8-20(9-12-22)27(31)25-26(30(14-7-15-34-5)29(33)28(25)32)21-10-13-23(37-19(3)4)24(16-21)35-6/h8-13,16,18-19,26,31H,7,14-15,17H2,1-6H3/b27-25-. The molecule has 1 atom stereocenters. The Bertz CT molecular complexity index is 1120. The lowest BCUT2D eigenvalue weighted by molar-refractivity contribution is -0.140. The summed E-state index contributed by atoms with van der Waals surface area (Å²) >= 11 is 0. The number of nitrogens with zero attached hydrogens (tertiary/aromatic N) is 1. The van der Waals surface area contributed by atoms with Crippen molar-refractivity contribution in [2.24, 2.45) is 5.92 Å². The second-order valence-corrected chi connectivity index (χ2v) is 9.64. The van der Waals surface area contributed by atoms with Gasteiger partial charge in [-0.1, -0.05) is 19.9 Å². The lowest BCUT2D eigenvalue weighted by Crippen LogP contribution is -2.31. The molecule has 8 heteroatoms. The summed E-state index contributed by atoms with van der Waals surface area (Å²) in [6, 6.07) is 11.3. The van der Waals surface area contributed by atoms with Crippen molar-refractivity contribution < 1.29 is 33.6 Å². The Morgan fingerprint density at radius 2 is 1.70 bits per heavy atom. The van der Waals surface area contributed by atoms with Crippen LogP contribution in [0.5, 0.6) is 17.2 Å². The Kier molecular flexibility index (Phi) is 9.58. The molecule has 0 aliphatic carbocycles. The molecule has 1 N–H and O–H groups in total. The maximum absolute atomic E-state index is 13.2. The van der Waals surface area contributed by atoms with Gasteiger partial charge in [-0.25, -0.2) is 0 Å². The van der Waals surface area contributed by atoms with Crippen LogP contribution in [0.4, 0.5) is 0 Å². The number of methoxy groups -OCH3 is 2. The highest BCUT2D eigenvalue weighted by Gasteiger charge is 2.46. The van der Waals surface area contributed by atoms with Gasteiger partial charge < -0.3 is 29.0 Å². The van der Waals surface area contributed by atoms with Crippen molar-refractivity contribution in [2.75, 3.05) is 34.0 Å². The summed E-state index contributed by atoms with van der Waals surface area (Å²) in [6.07, 6.45) is 0.472. The highest BCUT2D eigenvalue weighted by atomic mass is 16.5. The predicted molar refractivity (Wildman–Crippen MR) is 141 cm³/mol. The smallest absolute Gasteiger partial charge is 0.295 e. The highest BCUT2D eigenvalue weighted by molar-refractivity contribution is 6.46. The van der Waals surface area contributed by atoms with Crippen molar-refractivity contribution in [3.05, 3.63) is 59.2 Å². The second kappa shape index (κ2) is 12.6. The first kappa shape index (κ1) is 28.1. The molecule has 0 saturated carbocycles. The van der Waals surface area contributed by atoms with Crippen LogP contribution >= 0.6 is 0 Å². The Labute approximate surface area is 218 Å². The fourth-order valence-corrected chi connectivity index (χ4v) is 4.17. The van der Waals surface area contributed by atoms with E-state index in [1.54, 1.807) is 49.6 Å². The third-order valence-corrected chi connectivity index (χ3v) is 5.86. The first-order valence-electron chi connectivity index (χ1n) is 12.5. The van der Waals surface area contributed by atoms with Gasteiger partial charge in [-0.15, -0.1) is 0 Å². The van der Waals surface area contributed by atoms with E-state index < -0.39 is 17.7 Å². The fourth-order valence-electron chi connectivity index (χ4n) is 4.17. The molecular formula is C29H37NO7. The van der Waals surface area contributed by atoms with Gasteiger partial charge in [0.2, 0.25) is 0 Å². The van der Waals surface area contributed by atoms with Crippen molar-refractivity contribution >= 4 is 17.4 Å². The quantitative estimate of drug-likeness (QED) is 0.186. The molecule has 0 spiro atoms. The van der Waals surface area contributed by atoms with Gasteiger partial charge in [0, 0.05) is 25.8 Å². The molecule has 1 unspecified atom stereocenters. The minimum Gasteiger partial charge on any atom is -0.507 e. The van der Waals surface area contributed by atoms with Crippen molar-refractivity contribution in [1.29, 1.82) is 0 Å². The maximum atomic E-state index is 13.2. The molecule has 37 heavy (non-hydrogen) atoms. The molecule has 200 valence electrons. The molecule has 1 amide bonds. The van der Waals surface area contributed by atoms with Crippen molar-refractivity contribution in [2.45, 2.75) is 46.3 Å². The molecule has 0 bridgehead atoms. The van der Waals surface area contributed by atoms with E-state index in [-0.39, 0.29) is 24.0 Å². The summed E-state index contributed by atoms with van der Waals surface area (Å²) in [5, 5.41) is 11.3. The Morgan fingerprint density at radius 1 is 1.00 bits per heavy atom. The molecule has 1 aliphatic rings. The van der Waals surface area contributed by atoms with Crippen LogP contribution in [-0.2, 0) is 14.3 Å². The van der Waals surface area contributed by atoms with Gasteiger partial charge in [0.15, 0.2) is 11.5 Å². The number of ether oxygens (including phenoxy) is 4. The lowest BCUT2D eigenvalue weighted by Gasteiger charge is -2.26. The van der Waals surface area contributed by atoms with E-state index in [0.717, 1.165) is 0 Å². The van der Waals surface area contributed by atoms with Gasteiger partial charge in [-0.2, -0.15) is 0 Å². The lowest BCUT2D eigenvalue weighted by atomic mass is 9.95. The van der Waals surface area contributed by atoms with Crippen molar-refractivity contribution in [1.82, 2.24) is 4.90 Å². The van der Waals surface area contributed by atoms with E-state index in [0.29, 0.717) is 53.9 Å². The average Bonchev–Trinajstić information content (AvgIpc) is 3.12. The average molecular weight is 512 g/mol. The molecule has 0 aromatic heterocycles. The number of hydrogen-bond donors (Lipinski definition) is 1. The number of Topliss-reactive ketones (excluding diaryl/α,β-unsaturated/α-hetero) is 1. The summed E-state index contributed by atoms with van der Waals surface area (Å²) in [5.41, 5.74) is 1.07. The summed E-state index contributed by atoms with van der Waals surface area (Å²) in [4.78, 5) is 27.8. The minimum absolute atomic E-state index is 0.0258. The number of rotatable bonds is 12. The van der Waals surface area contributed by atoms with Crippen LogP contribution in [0, 0.1) is 5.92 Å². The zero-order valence-electron chi connectivity index (χ0n) is 22.4. The fraction of sp³-hybridized carbons (Fsp3) is 0.448. The summed E-state index contributed by atoms with van der Waals surface area (Å²) in [7, 11) is 3.11. The number of hydrogen-bond acceptors (Lipinski definition) is 7. The number of aliphatic hydroxyl groups excluding tert-OH is 1. The third kappa shape index (κ3) is 6.63. The molecule has 0 radical (unpaired) electrons. The second-order valence-electron chi connectivity index (χ2n) is 9.64. The first-order valence-corrected chi connectivity index (χ1v) is 12.5. The van der Waals surface area contributed by atoms with E-state index in [2.05, 4.69) is 13.8 Å². The van der Waals surface area contributed by atoms with E-state index in [1.807, 2.05) is 13.8 Å². The number of amides is 1. The summed E-state index contributed by atoms with van der Waals surface area (Å²) in [5.74, 6) is 0.413. The largest absolute Gasteiger partial charge is 0.507 e. The summed E-state index contributed by atoms with van der Waals surface area (Å²) < 4.78 is 22.2. The zero-order chi connectivity index (χ0) is 27.1. The molecule has 2 aromatic rings. The topological polar surface area (TPSA) is 94.5 Å². The Hall–Kier alpha value is -3.52. The van der Waals surface area contributed by atoms with Crippen molar-refractivity contribution in [3.8, 4) is 17.2 Å². The number of likely N-dealkylation sites (tertiary alicyclic amines) is 1. The molecule has 1 aliphatic heterocycles. The summed E-state index contributed by atoms with van der Waals surface area (Å²) in [6.45, 7) is 9.22. The van der Waals surface area contributed by atoms with Crippen molar-refractivity contribution in [3.63, 3.8) is 0 Å². The van der Waals surface area contributed by atoms with Gasteiger partial charge in [0.25, 0.3) is 11.7 Å². The molecule has 2 aromatic carbocycles. The number of ketones is 1. The monoisotopic (exact) mass is 511 g/mol. The Morgan fingerprint density at radius 3 is 2.30 bits per heavy atom. The normalized spacial score (nSPS) is 17.1. The van der Waals surface area contributed by atoms with Crippen LogP contribution in [0.25, 0.3) is 5.76 Å². The van der Waals surface area contributed by atoms with Gasteiger partial charge in [0.1, 0.15) is 11.5 Å². The predicted octanol–water partition coefficient (Wildman–Crippen LogP) is 4.98. The molecule has 3 rings (SSSR count). The van der Waals surface area contributed by atoms with Crippen LogP contribution in [0.3, 0.4) is 0 Å². The molecule has 1 saturated heterocycles. The van der Waals surface area contributed by atoms with E-state index in [9.17, 15) is 14.7 Å². The molecule has 8 nitrogen and oxygen atoms in total. The van der Waals surface area contributed by atoms with Crippen LogP contribution in [0.2, 0.25) is 0 Å². The third-order valence-electron chi connectivity index (χ3n) is 5.86.